The van der Waals surface area contributed by atoms with E-state index in [-0.39, 0.29) is 0 Å². The number of hydrogen-bond acceptors (Lipinski definition) is 3. The van der Waals surface area contributed by atoms with Crippen molar-refractivity contribution in [3.8, 4) is 0 Å². The van der Waals surface area contributed by atoms with Crippen molar-refractivity contribution in [3.63, 3.8) is 0 Å². The van der Waals surface area contributed by atoms with E-state index in [2.05, 4.69) is 67.7 Å². The van der Waals surface area contributed by atoms with Gasteiger partial charge >= 0.3 is 0 Å². The fourth-order valence-corrected chi connectivity index (χ4v) is 1.78. The molecule has 0 unspecified atom stereocenters. The molecule has 3 nitrogen and oxygen atoms in total. The Morgan fingerprint density at radius 1 is 1.17 bits per heavy atom. The fraction of sp³-hybridized carbons (Fsp3) is 0.600. The van der Waals surface area contributed by atoms with Crippen LogP contribution in [-0.2, 0) is 6.54 Å². The summed E-state index contributed by atoms with van der Waals surface area (Å²) in [5, 5.41) is 6.90. The van der Waals surface area contributed by atoms with Crippen molar-refractivity contribution < 1.29 is 0 Å². The lowest BCUT2D eigenvalue weighted by atomic mass is 10.2. The zero-order valence-corrected chi connectivity index (χ0v) is 12.2. The molecule has 18 heavy (non-hydrogen) atoms. The van der Waals surface area contributed by atoms with E-state index in [1.165, 1.54) is 17.7 Å². The van der Waals surface area contributed by atoms with E-state index in [1.807, 2.05) is 0 Å². The van der Waals surface area contributed by atoms with E-state index in [9.17, 15) is 0 Å². The quantitative estimate of drug-likeness (QED) is 0.692. The van der Waals surface area contributed by atoms with Gasteiger partial charge in [-0.05, 0) is 37.2 Å². The highest BCUT2D eigenvalue weighted by Gasteiger charge is 1.97. The molecule has 0 aliphatic rings. The molecule has 0 aliphatic carbocycles. The summed E-state index contributed by atoms with van der Waals surface area (Å²) in [5.41, 5.74) is 2.61. The molecular weight excluding hydrogens is 222 g/mol. The van der Waals surface area contributed by atoms with Crippen molar-refractivity contribution in [1.82, 2.24) is 10.6 Å². The summed E-state index contributed by atoms with van der Waals surface area (Å²) in [6, 6.07) is 9.25. The molecule has 102 valence electrons. The van der Waals surface area contributed by atoms with Crippen molar-refractivity contribution in [1.29, 1.82) is 0 Å². The molecule has 2 N–H and O–H groups in total. The number of anilines is 1. The van der Waals surface area contributed by atoms with Crippen LogP contribution in [0.2, 0.25) is 0 Å². The fourth-order valence-electron chi connectivity index (χ4n) is 1.78. The summed E-state index contributed by atoms with van der Waals surface area (Å²) >= 11 is 0. The molecule has 1 rings (SSSR count). The lowest BCUT2D eigenvalue weighted by Crippen LogP contribution is -2.26. The first-order chi connectivity index (χ1) is 8.59. The molecule has 1 aromatic rings. The van der Waals surface area contributed by atoms with Crippen LogP contribution in [0.3, 0.4) is 0 Å². The van der Waals surface area contributed by atoms with Crippen molar-refractivity contribution in [2.24, 2.45) is 0 Å². The lowest BCUT2D eigenvalue weighted by Gasteiger charge is -2.14. The molecule has 0 saturated heterocycles. The van der Waals surface area contributed by atoms with Gasteiger partial charge in [0.05, 0.1) is 0 Å². The summed E-state index contributed by atoms with van der Waals surface area (Å²) in [4.78, 5) is 2.13. The average Bonchev–Trinajstić information content (AvgIpc) is 2.33. The summed E-state index contributed by atoms with van der Waals surface area (Å²) in [5.74, 6) is 0. The highest BCUT2D eigenvalue weighted by Crippen LogP contribution is 2.12. The number of rotatable bonds is 8. The molecule has 0 aromatic heterocycles. The second kappa shape index (κ2) is 8.11. The Hall–Kier alpha value is -1.06. The van der Waals surface area contributed by atoms with Gasteiger partial charge in [-0.2, -0.15) is 0 Å². The van der Waals surface area contributed by atoms with Gasteiger partial charge in [-0.3, -0.25) is 0 Å². The van der Waals surface area contributed by atoms with E-state index >= 15 is 0 Å². The van der Waals surface area contributed by atoms with Crippen LogP contribution in [0.15, 0.2) is 24.3 Å². The van der Waals surface area contributed by atoms with Crippen LogP contribution >= 0.6 is 0 Å². The zero-order chi connectivity index (χ0) is 13.4. The third-order valence-electron chi connectivity index (χ3n) is 2.84. The van der Waals surface area contributed by atoms with E-state index in [0.717, 1.165) is 19.6 Å². The maximum Gasteiger partial charge on any atom is 0.0364 e. The lowest BCUT2D eigenvalue weighted by molar-refractivity contribution is 0.547. The van der Waals surface area contributed by atoms with E-state index in [0.29, 0.717) is 6.04 Å². The van der Waals surface area contributed by atoms with Gasteiger partial charge in [-0.25, -0.2) is 0 Å². The topological polar surface area (TPSA) is 27.3 Å². The Morgan fingerprint density at radius 2 is 1.94 bits per heavy atom. The number of nitrogens with zero attached hydrogens (tertiary/aromatic N) is 1. The Balaban J connectivity index is 2.21. The molecule has 0 heterocycles. The molecule has 0 bridgehead atoms. The van der Waals surface area contributed by atoms with Crippen molar-refractivity contribution >= 4 is 5.69 Å². The van der Waals surface area contributed by atoms with Gasteiger partial charge in [0.1, 0.15) is 0 Å². The number of nitrogens with one attached hydrogen (secondary N) is 2. The van der Waals surface area contributed by atoms with E-state index < -0.39 is 0 Å². The van der Waals surface area contributed by atoms with Gasteiger partial charge < -0.3 is 15.5 Å². The molecule has 0 fully saturated rings. The van der Waals surface area contributed by atoms with Crippen LogP contribution in [0, 0.1) is 0 Å². The average molecular weight is 249 g/mol. The predicted octanol–water partition coefficient (Wildman–Crippen LogP) is 2.23. The van der Waals surface area contributed by atoms with Crippen LogP contribution in [0.4, 0.5) is 5.69 Å². The Labute approximate surface area is 112 Å². The summed E-state index contributed by atoms with van der Waals surface area (Å²) in [7, 11) is 4.15. The minimum Gasteiger partial charge on any atom is -0.378 e. The second-order valence-electron chi connectivity index (χ2n) is 5.20. The van der Waals surface area contributed by atoms with Crippen LogP contribution in [-0.4, -0.2) is 33.2 Å². The standard InChI is InChI=1S/C15H27N3/c1-13(2)17-10-6-9-16-12-14-7-5-8-15(11-14)18(3)4/h5,7-8,11,13,16-17H,6,9-10,12H2,1-4H3. The summed E-state index contributed by atoms with van der Waals surface area (Å²) in [6.07, 6.45) is 1.17. The van der Waals surface area contributed by atoms with Crippen LogP contribution in [0.25, 0.3) is 0 Å². The molecule has 0 atom stereocenters. The highest BCUT2D eigenvalue weighted by molar-refractivity contribution is 5.47. The van der Waals surface area contributed by atoms with Crippen LogP contribution < -0.4 is 15.5 Å². The third-order valence-corrected chi connectivity index (χ3v) is 2.84. The van der Waals surface area contributed by atoms with Crippen LogP contribution in [0.5, 0.6) is 0 Å². The minimum absolute atomic E-state index is 0.585. The van der Waals surface area contributed by atoms with Gasteiger partial charge in [-0.15, -0.1) is 0 Å². The SMILES string of the molecule is CC(C)NCCCNCc1cccc(N(C)C)c1. The Morgan fingerprint density at radius 3 is 2.61 bits per heavy atom. The zero-order valence-electron chi connectivity index (χ0n) is 12.2. The maximum absolute atomic E-state index is 3.48. The largest absolute Gasteiger partial charge is 0.378 e. The van der Waals surface area contributed by atoms with Gasteiger partial charge in [0.2, 0.25) is 0 Å². The van der Waals surface area contributed by atoms with Gasteiger partial charge in [-0.1, -0.05) is 26.0 Å². The number of benzene rings is 1. The Bertz CT molecular complexity index is 334. The number of hydrogen-bond donors (Lipinski definition) is 2. The first kappa shape index (κ1) is 15.0. The highest BCUT2D eigenvalue weighted by atomic mass is 15.1. The third kappa shape index (κ3) is 6.03. The molecule has 0 spiro atoms. The monoisotopic (exact) mass is 249 g/mol. The summed E-state index contributed by atoms with van der Waals surface area (Å²) in [6.45, 7) is 7.46. The van der Waals surface area contributed by atoms with E-state index in [1.54, 1.807) is 0 Å². The van der Waals surface area contributed by atoms with Crippen molar-refractivity contribution in [2.75, 3.05) is 32.1 Å². The smallest absolute Gasteiger partial charge is 0.0364 e. The van der Waals surface area contributed by atoms with Gasteiger partial charge in [0, 0.05) is 32.4 Å². The molecular formula is C15H27N3. The second-order valence-corrected chi connectivity index (χ2v) is 5.20. The normalized spacial score (nSPS) is 10.9. The molecule has 0 radical (unpaired) electrons. The predicted molar refractivity (Wildman–Crippen MR) is 80.2 cm³/mol. The van der Waals surface area contributed by atoms with Gasteiger partial charge in [0.25, 0.3) is 0 Å². The maximum atomic E-state index is 3.48. The minimum atomic E-state index is 0.585. The molecule has 0 aliphatic heterocycles. The first-order valence-electron chi connectivity index (χ1n) is 6.80. The van der Waals surface area contributed by atoms with E-state index in [4.69, 9.17) is 0 Å². The molecule has 0 saturated carbocycles. The van der Waals surface area contributed by atoms with Crippen molar-refractivity contribution in [2.45, 2.75) is 32.9 Å². The summed E-state index contributed by atoms with van der Waals surface area (Å²) < 4.78 is 0. The van der Waals surface area contributed by atoms with Crippen molar-refractivity contribution in [3.05, 3.63) is 29.8 Å². The first-order valence-corrected chi connectivity index (χ1v) is 6.80. The molecule has 0 amide bonds. The van der Waals surface area contributed by atoms with Gasteiger partial charge in [0.15, 0.2) is 0 Å². The molecule has 1 aromatic carbocycles. The Kier molecular flexibility index (Phi) is 6.76. The van der Waals surface area contributed by atoms with Crippen LogP contribution in [0.1, 0.15) is 25.8 Å². The molecule has 3 heteroatoms.